The van der Waals surface area contributed by atoms with Crippen LogP contribution in [0.1, 0.15) is 23.9 Å². The van der Waals surface area contributed by atoms with Crippen LogP contribution in [0, 0.1) is 17.0 Å². The summed E-state index contributed by atoms with van der Waals surface area (Å²) in [5, 5.41) is 13.9. The Hall–Kier alpha value is -2.16. The first kappa shape index (κ1) is 13.8. The zero-order chi connectivity index (χ0) is 15.3. The van der Waals surface area contributed by atoms with Crippen LogP contribution in [-0.4, -0.2) is 20.5 Å². The Balaban J connectivity index is 2.25. The van der Waals surface area contributed by atoms with E-state index in [2.05, 4.69) is 26.2 Å². The largest absolute Gasteiger partial charge is 0.352 e. The molecule has 0 bridgehead atoms. The molecule has 2 amide bonds. The summed E-state index contributed by atoms with van der Waals surface area (Å²) in [4.78, 5) is 26.3. The molecular formula is C12H12BrN5O3. The van der Waals surface area contributed by atoms with E-state index in [-0.39, 0.29) is 11.7 Å². The number of nitrogens with two attached hydrogens (primary N) is 1. The second-order valence-electron chi connectivity index (χ2n) is 4.95. The molecule has 0 saturated carbocycles. The van der Waals surface area contributed by atoms with Gasteiger partial charge >= 0.3 is 11.7 Å². The molecule has 1 unspecified atom stereocenters. The summed E-state index contributed by atoms with van der Waals surface area (Å²) in [7, 11) is 0. The van der Waals surface area contributed by atoms with Gasteiger partial charge in [-0.15, -0.1) is 0 Å². The minimum Gasteiger partial charge on any atom is -0.352 e. The van der Waals surface area contributed by atoms with Crippen molar-refractivity contribution in [3.05, 3.63) is 32.0 Å². The molecule has 0 fully saturated rings. The molecule has 0 aliphatic carbocycles. The fourth-order valence-electron chi connectivity index (χ4n) is 2.73. The number of nitrogens with one attached hydrogen (secondary N) is 1. The summed E-state index contributed by atoms with van der Waals surface area (Å²) in [6.07, 6.45) is 0.671. The Bertz CT molecular complexity index is 785. The van der Waals surface area contributed by atoms with Crippen LogP contribution in [0.3, 0.4) is 0 Å². The van der Waals surface area contributed by atoms with Gasteiger partial charge in [0.15, 0.2) is 5.52 Å². The number of hydrogen-bond donors (Lipinski definition) is 2. The van der Waals surface area contributed by atoms with Crippen LogP contribution in [0.5, 0.6) is 0 Å². The van der Waals surface area contributed by atoms with Gasteiger partial charge in [-0.25, -0.2) is 9.78 Å². The minimum atomic E-state index is -0.632. The molecule has 8 nitrogen and oxygen atoms in total. The molecule has 110 valence electrons. The van der Waals surface area contributed by atoms with Crippen LogP contribution in [-0.2, 0) is 6.54 Å². The third-order valence-electron chi connectivity index (χ3n) is 3.62. The van der Waals surface area contributed by atoms with Crippen molar-refractivity contribution in [1.82, 2.24) is 14.9 Å². The fourth-order valence-corrected chi connectivity index (χ4v) is 3.17. The number of aryl methyl sites for hydroxylation is 2. The van der Waals surface area contributed by atoms with E-state index in [1.807, 2.05) is 10.6 Å². The summed E-state index contributed by atoms with van der Waals surface area (Å²) in [5.74, 6) is 0.601. The van der Waals surface area contributed by atoms with E-state index in [4.69, 9.17) is 5.73 Å². The number of rotatable bonds is 2. The Morgan fingerprint density at radius 2 is 2.38 bits per heavy atom. The number of nitro benzene ring substituents is 1. The molecule has 0 saturated heterocycles. The van der Waals surface area contributed by atoms with E-state index in [0.717, 1.165) is 5.56 Å². The van der Waals surface area contributed by atoms with Crippen molar-refractivity contribution >= 4 is 38.7 Å². The van der Waals surface area contributed by atoms with Crippen molar-refractivity contribution in [3.63, 3.8) is 0 Å². The standard InChI is InChI=1S/C12H12BrN5O3/c1-5-4-7-9(10(8(5)13)18(20)21)16-11-6(15-12(14)19)2-3-17(7)11/h4,6H,2-3H2,1H3,(H3,14,15,19). The number of hydrogen-bond acceptors (Lipinski definition) is 4. The number of primary amides is 1. The smallest absolute Gasteiger partial charge is 0.312 e. The predicted octanol–water partition coefficient (Wildman–Crippen LogP) is 2.13. The van der Waals surface area contributed by atoms with Crippen molar-refractivity contribution in [3.8, 4) is 0 Å². The number of carbonyl (C=O) groups is 1. The van der Waals surface area contributed by atoms with Gasteiger partial charge in [-0.05, 0) is 40.9 Å². The molecule has 2 heterocycles. The van der Waals surface area contributed by atoms with Gasteiger partial charge in [0.1, 0.15) is 10.3 Å². The van der Waals surface area contributed by atoms with Crippen LogP contribution >= 0.6 is 15.9 Å². The molecule has 9 heteroatoms. The van der Waals surface area contributed by atoms with Crippen molar-refractivity contribution in [2.24, 2.45) is 5.73 Å². The second-order valence-corrected chi connectivity index (χ2v) is 5.75. The average molecular weight is 354 g/mol. The first-order valence-electron chi connectivity index (χ1n) is 6.29. The number of imidazole rings is 1. The van der Waals surface area contributed by atoms with Gasteiger partial charge in [0.25, 0.3) is 0 Å². The zero-order valence-electron chi connectivity index (χ0n) is 11.1. The predicted molar refractivity (Wildman–Crippen MR) is 78.9 cm³/mol. The van der Waals surface area contributed by atoms with Gasteiger partial charge in [0.05, 0.1) is 16.5 Å². The maximum absolute atomic E-state index is 11.3. The molecule has 1 aliphatic heterocycles. The molecule has 1 atom stereocenters. The van der Waals surface area contributed by atoms with E-state index in [0.29, 0.717) is 34.3 Å². The molecule has 21 heavy (non-hydrogen) atoms. The van der Waals surface area contributed by atoms with Crippen LogP contribution < -0.4 is 11.1 Å². The Kier molecular flexibility index (Phi) is 3.08. The molecule has 1 aromatic carbocycles. The van der Waals surface area contributed by atoms with Crippen molar-refractivity contribution < 1.29 is 9.72 Å². The Morgan fingerprint density at radius 1 is 1.67 bits per heavy atom. The van der Waals surface area contributed by atoms with Crippen LogP contribution in [0.2, 0.25) is 0 Å². The topological polar surface area (TPSA) is 116 Å². The number of carbonyl (C=O) groups excluding carboxylic acids is 1. The summed E-state index contributed by atoms with van der Waals surface area (Å²) < 4.78 is 2.32. The normalized spacial score (nSPS) is 17.0. The minimum absolute atomic E-state index is 0.0512. The van der Waals surface area contributed by atoms with Gasteiger partial charge in [0.2, 0.25) is 0 Å². The van der Waals surface area contributed by atoms with Crippen molar-refractivity contribution in [2.75, 3.05) is 0 Å². The molecule has 3 rings (SSSR count). The highest BCUT2D eigenvalue weighted by atomic mass is 79.9. The second kappa shape index (κ2) is 4.69. The van der Waals surface area contributed by atoms with E-state index in [1.54, 1.807) is 6.92 Å². The highest BCUT2D eigenvalue weighted by Gasteiger charge is 2.31. The molecular weight excluding hydrogens is 342 g/mol. The lowest BCUT2D eigenvalue weighted by Gasteiger charge is -2.07. The maximum atomic E-state index is 11.3. The number of nitrogens with zero attached hydrogens (tertiary/aromatic N) is 3. The third kappa shape index (κ3) is 2.04. The molecule has 0 spiro atoms. The van der Waals surface area contributed by atoms with Crippen molar-refractivity contribution in [1.29, 1.82) is 0 Å². The lowest BCUT2D eigenvalue weighted by atomic mass is 10.2. The number of urea groups is 1. The first-order valence-corrected chi connectivity index (χ1v) is 7.09. The monoisotopic (exact) mass is 353 g/mol. The van der Waals surface area contributed by atoms with Crippen molar-refractivity contribution in [2.45, 2.75) is 25.9 Å². The summed E-state index contributed by atoms with van der Waals surface area (Å²) in [5.41, 5.74) is 6.89. The van der Waals surface area contributed by atoms with Gasteiger partial charge in [0, 0.05) is 6.54 Å². The average Bonchev–Trinajstić information content (AvgIpc) is 2.91. The number of amides is 2. The zero-order valence-corrected chi connectivity index (χ0v) is 12.7. The summed E-state index contributed by atoms with van der Waals surface area (Å²) >= 11 is 3.25. The quantitative estimate of drug-likeness (QED) is 0.635. The van der Waals surface area contributed by atoms with Crippen LogP contribution in [0.25, 0.3) is 11.0 Å². The summed E-state index contributed by atoms with van der Waals surface area (Å²) in [6, 6.07) is 0.913. The van der Waals surface area contributed by atoms with E-state index >= 15 is 0 Å². The van der Waals surface area contributed by atoms with Gasteiger partial charge in [-0.1, -0.05) is 0 Å². The molecule has 3 N–H and O–H groups in total. The van der Waals surface area contributed by atoms with E-state index in [1.165, 1.54) is 0 Å². The molecule has 2 aromatic rings. The van der Waals surface area contributed by atoms with E-state index < -0.39 is 11.0 Å². The number of aromatic nitrogens is 2. The molecule has 1 aromatic heterocycles. The highest BCUT2D eigenvalue weighted by Crippen LogP contribution is 2.39. The fraction of sp³-hybridized carbons (Fsp3) is 0.333. The lowest BCUT2D eigenvalue weighted by molar-refractivity contribution is -0.384. The maximum Gasteiger partial charge on any atom is 0.312 e. The molecule has 1 aliphatic rings. The first-order chi connectivity index (χ1) is 9.90. The van der Waals surface area contributed by atoms with Gasteiger partial charge < -0.3 is 15.6 Å². The van der Waals surface area contributed by atoms with Gasteiger partial charge in [-0.2, -0.15) is 0 Å². The number of benzene rings is 1. The van der Waals surface area contributed by atoms with Gasteiger partial charge in [-0.3, -0.25) is 10.1 Å². The number of nitro groups is 1. The summed E-state index contributed by atoms with van der Waals surface area (Å²) in [6.45, 7) is 2.43. The third-order valence-corrected chi connectivity index (χ3v) is 4.62. The highest BCUT2D eigenvalue weighted by molar-refractivity contribution is 9.10. The van der Waals surface area contributed by atoms with Crippen LogP contribution in [0.15, 0.2) is 10.5 Å². The number of halogens is 1. The Morgan fingerprint density at radius 3 is 3.00 bits per heavy atom. The lowest BCUT2D eigenvalue weighted by Crippen LogP contribution is -2.32. The number of fused-ring (bicyclic) bond motifs is 3. The Labute approximate surface area is 127 Å². The van der Waals surface area contributed by atoms with E-state index in [9.17, 15) is 14.9 Å². The molecule has 0 radical (unpaired) electrons. The SMILES string of the molecule is Cc1cc2c(nc3n2CCC3NC(N)=O)c([N+](=O)[O-])c1Br. The van der Waals surface area contributed by atoms with Crippen LogP contribution in [0.4, 0.5) is 10.5 Å².